The van der Waals surface area contributed by atoms with E-state index in [1.165, 1.54) is 5.69 Å². The van der Waals surface area contributed by atoms with Crippen LogP contribution in [0.2, 0.25) is 0 Å². The molecular weight excluding hydrogens is 314 g/mol. The molecule has 0 spiro atoms. The van der Waals surface area contributed by atoms with Gasteiger partial charge in [-0.25, -0.2) is 0 Å². The summed E-state index contributed by atoms with van der Waals surface area (Å²) in [6.07, 6.45) is 3.08. The van der Waals surface area contributed by atoms with Crippen LogP contribution in [0.3, 0.4) is 0 Å². The Morgan fingerprint density at radius 2 is 2.04 bits per heavy atom. The molecule has 1 aliphatic heterocycles. The molecule has 1 fully saturated rings. The first kappa shape index (κ1) is 17.3. The lowest BCUT2D eigenvalue weighted by Gasteiger charge is -2.34. The molecule has 2 aromatic rings. The molecule has 0 radical (unpaired) electrons. The van der Waals surface area contributed by atoms with Crippen molar-refractivity contribution in [2.24, 2.45) is 4.99 Å². The highest BCUT2D eigenvalue weighted by Gasteiger charge is 2.20. The molecule has 25 heavy (non-hydrogen) atoms. The summed E-state index contributed by atoms with van der Waals surface area (Å²) < 4.78 is 5.30. The Hall–Kier alpha value is -2.50. The van der Waals surface area contributed by atoms with Crippen LogP contribution in [0.1, 0.15) is 31.2 Å². The van der Waals surface area contributed by atoms with Crippen molar-refractivity contribution in [3.63, 3.8) is 0 Å². The topological polar surface area (TPSA) is 65.7 Å². The van der Waals surface area contributed by atoms with Gasteiger partial charge in [-0.2, -0.15) is 0 Å². The van der Waals surface area contributed by atoms with E-state index >= 15 is 0 Å². The Labute approximate surface area is 149 Å². The molecular formula is C19H27N5O. The van der Waals surface area contributed by atoms with Gasteiger partial charge in [0.15, 0.2) is 11.7 Å². The first-order chi connectivity index (χ1) is 12.3. The third-order valence-electron chi connectivity index (χ3n) is 4.58. The van der Waals surface area contributed by atoms with Gasteiger partial charge in [-0.15, -0.1) is 0 Å². The number of nitrogens with zero attached hydrogens (tertiary/aromatic N) is 3. The number of benzene rings is 1. The summed E-state index contributed by atoms with van der Waals surface area (Å²) in [7, 11) is 1.80. The normalized spacial score (nSPS) is 16.1. The molecule has 2 N–H and O–H groups in total. The van der Waals surface area contributed by atoms with Crippen molar-refractivity contribution in [2.75, 3.05) is 25.0 Å². The highest BCUT2D eigenvalue weighted by atomic mass is 16.5. The second-order valence-corrected chi connectivity index (χ2v) is 6.31. The van der Waals surface area contributed by atoms with Gasteiger partial charge in [0.1, 0.15) is 0 Å². The van der Waals surface area contributed by atoms with Gasteiger partial charge in [0.2, 0.25) is 0 Å². The van der Waals surface area contributed by atoms with Crippen LogP contribution in [0.15, 0.2) is 45.9 Å². The maximum absolute atomic E-state index is 5.30. The highest BCUT2D eigenvalue weighted by Crippen LogP contribution is 2.19. The fraction of sp³-hybridized carbons (Fsp3) is 0.474. The number of guanidine groups is 1. The molecule has 0 amide bonds. The molecule has 134 valence electrons. The van der Waals surface area contributed by atoms with E-state index in [2.05, 4.69) is 62.9 Å². The lowest BCUT2D eigenvalue weighted by molar-refractivity contribution is 0.374. The van der Waals surface area contributed by atoms with Crippen molar-refractivity contribution in [2.45, 2.75) is 38.8 Å². The Bertz CT molecular complexity index is 674. The minimum Gasteiger partial charge on any atom is -0.371 e. The number of hydrogen-bond acceptors (Lipinski definition) is 4. The zero-order valence-electron chi connectivity index (χ0n) is 15.0. The van der Waals surface area contributed by atoms with E-state index in [9.17, 15) is 0 Å². The standard InChI is InChI=1S/C19H27N5O/c1-3-15-13-18(25-23-15)14-21-19(20-2)22-16-9-11-24(12-10-16)17-7-5-4-6-8-17/h4-8,13,16H,3,9-12,14H2,1-2H3,(H2,20,21,22). The minimum atomic E-state index is 0.437. The van der Waals surface area contributed by atoms with Crippen molar-refractivity contribution in [1.82, 2.24) is 15.8 Å². The van der Waals surface area contributed by atoms with E-state index < -0.39 is 0 Å². The largest absolute Gasteiger partial charge is 0.371 e. The number of anilines is 1. The molecule has 6 nitrogen and oxygen atoms in total. The fourth-order valence-electron chi connectivity index (χ4n) is 3.09. The van der Waals surface area contributed by atoms with E-state index in [0.717, 1.165) is 49.8 Å². The zero-order valence-corrected chi connectivity index (χ0v) is 15.0. The van der Waals surface area contributed by atoms with Crippen LogP contribution in [0.4, 0.5) is 5.69 Å². The van der Waals surface area contributed by atoms with Crippen molar-refractivity contribution in [3.8, 4) is 0 Å². The van der Waals surface area contributed by atoms with Crippen molar-refractivity contribution in [3.05, 3.63) is 47.9 Å². The summed E-state index contributed by atoms with van der Waals surface area (Å²) in [4.78, 5) is 6.76. The van der Waals surface area contributed by atoms with Crippen LogP contribution >= 0.6 is 0 Å². The molecule has 0 aliphatic carbocycles. The molecule has 3 rings (SSSR count). The van der Waals surface area contributed by atoms with Crippen LogP contribution < -0.4 is 15.5 Å². The van der Waals surface area contributed by atoms with Crippen molar-refractivity contribution in [1.29, 1.82) is 0 Å². The Morgan fingerprint density at radius 3 is 2.68 bits per heavy atom. The van der Waals surface area contributed by atoms with Crippen LogP contribution in [-0.4, -0.2) is 37.3 Å². The van der Waals surface area contributed by atoms with Gasteiger partial charge in [-0.3, -0.25) is 4.99 Å². The molecule has 1 aliphatic rings. The van der Waals surface area contributed by atoms with Crippen LogP contribution in [0.5, 0.6) is 0 Å². The summed E-state index contributed by atoms with van der Waals surface area (Å²) in [6.45, 7) is 4.77. The maximum atomic E-state index is 5.30. The molecule has 0 bridgehead atoms. The van der Waals surface area contributed by atoms with Crippen molar-refractivity contribution < 1.29 is 4.52 Å². The Morgan fingerprint density at radius 1 is 1.28 bits per heavy atom. The second kappa shape index (κ2) is 8.55. The lowest BCUT2D eigenvalue weighted by Crippen LogP contribution is -2.48. The predicted molar refractivity (Wildman–Crippen MR) is 101 cm³/mol. The summed E-state index contributed by atoms with van der Waals surface area (Å²) in [5.41, 5.74) is 2.29. The number of rotatable bonds is 5. The summed E-state index contributed by atoms with van der Waals surface area (Å²) in [5.74, 6) is 1.64. The number of nitrogens with one attached hydrogen (secondary N) is 2. The van der Waals surface area contributed by atoms with E-state index in [-0.39, 0.29) is 0 Å². The van der Waals surface area contributed by atoms with Crippen LogP contribution in [0, 0.1) is 0 Å². The lowest BCUT2D eigenvalue weighted by atomic mass is 10.0. The van der Waals surface area contributed by atoms with Crippen molar-refractivity contribution >= 4 is 11.6 Å². The number of aliphatic imine (C=N–C) groups is 1. The molecule has 1 saturated heterocycles. The first-order valence-corrected chi connectivity index (χ1v) is 9.00. The third kappa shape index (κ3) is 4.75. The molecule has 0 unspecified atom stereocenters. The molecule has 0 saturated carbocycles. The van der Waals surface area contributed by atoms with Gasteiger partial charge in [-0.1, -0.05) is 30.3 Å². The van der Waals surface area contributed by atoms with E-state index in [4.69, 9.17) is 4.52 Å². The number of aromatic nitrogens is 1. The number of piperidine rings is 1. The monoisotopic (exact) mass is 341 g/mol. The fourth-order valence-corrected chi connectivity index (χ4v) is 3.09. The van der Waals surface area contributed by atoms with Gasteiger partial charge < -0.3 is 20.1 Å². The molecule has 1 aromatic carbocycles. The summed E-state index contributed by atoms with van der Waals surface area (Å²) in [5, 5.41) is 10.8. The number of para-hydroxylation sites is 1. The third-order valence-corrected chi connectivity index (χ3v) is 4.58. The zero-order chi connectivity index (χ0) is 17.5. The smallest absolute Gasteiger partial charge is 0.191 e. The summed E-state index contributed by atoms with van der Waals surface area (Å²) >= 11 is 0. The summed E-state index contributed by atoms with van der Waals surface area (Å²) in [6, 6.07) is 13.0. The Kier molecular flexibility index (Phi) is 5.93. The van der Waals surface area contributed by atoms with E-state index in [1.54, 1.807) is 7.05 Å². The van der Waals surface area contributed by atoms with E-state index in [0.29, 0.717) is 12.6 Å². The maximum Gasteiger partial charge on any atom is 0.191 e. The van der Waals surface area contributed by atoms with E-state index in [1.807, 2.05) is 6.07 Å². The average molecular weight is 341 g/mol. The quantitative estimate of drug-likeness (QED) is 0.646. The van der Waals surface area contributed by atoms with Gasteiger partial charge in [-0.05, 0) is 31.4 Å². The van der Waals surface area contributed by atoms with Crippen LogP contribution in [0.25, 0.3) is 0 Å². The second-order valence-electron chi connectivity index (χ2n) is 6.31. The van der Waals surface area contributed by atoms with Crippen LogP contribution in [-0.2, 0) is 13.0 Å². The average Bonchev–Trinajstić information content (AvgIpc) is 3.14. The SMILES string of the molecule is CCc1cc(CNC(=NC)NC2CCN(c3ccccc3)CC2)on1. The number of hydrogen-bond donors (Lipinski definition) is 2. The molecule has 1 aromatic heterocycles. The van der Waals surface area contributed by atoms with Gasteiger partial charge in [0, 0.05) is 37.9 Å². The predicted octanol–water partition coefficient (Wildman–Crippen LogP) is 2.57. The molecule has 2 heterocycles. The highest BCUT2D eigenvalue weighted by molar-refractivity contribution is 5.79. The van der Waals surface area contributed by atoms with Gasteiger partial charge >= 0.3 is 0 Å². The Balaban J connectivity index is 1.45. The minimum absolute atomic E-state index is 0.437. The molecule has 0 atom stereocenters. The first-order valence-electron chi connectivity index (χ1n) is 9.00. The van der Waals surface area contributed by atoms with Gasteiger partial charge in [0.25, 0.3) is 0 Å². The molecule has 6 heteroatoms. The number of aryl methyl sites for hydroxylation is 1. The van der Waals surface area contributed by atoms with Gasteiger partial charge in [0.05, 0.1) is 12.2 Å².